The van der Waals surface area contributed by atoms with Gasteiger partial charge in [-0.15, -0.1) is 0 Å². The molecule has 1 aliphatic carbocycles. The van der Waals surface area contributed by atoms with Gasteiger partial charge in [-0.3, -0.25) is 0 Å². The zero-order valence-corrected chi connectivity index (χ0v) is 8.96. The summed E-state index contributed by atoms with van der Waals surface area (Å²) in [6.45, 7) is 0.624. The van der Waals surface area contributed by atoms with Gasteiger partial charge in [0.05, 0.1) is 0 Å². The number of aryl methyl sites for hydroxylation is 2. The van der Waals surface area contributed by atoms with E-state index in [9.17, 15) is 0 Å². The van der Waals surface area contributed by atoms with Crippen molar-refractivity contribution in [2.45, 2.75) is 38.2 Å². The van der Waals surface area contributed by atoms with Gasteiger partial charge in [0.25, 0.3) is 0 Å². The highest BCUT2D eigenvalue weighted by atomic mass is 16.5. The van der Waals surface area contributed by atoms with E-state index in [1.54, 1.807) is 5.56 Å². The van der Waals surface area contributed by atoms with Gasteiger partial charge in [0.1, 0.15) is 11.9 Å². The summed E-state index contributed by atoms with van der Waals surface area (Å²) in [6, 6.07) is 4.60. The maximum atomic E-state index is 5.80. The van der Waals surface area contributed by atoms with Gasteiger partial charge in [-0.05, 0) is 48.4 Å². The van der Waals surface area contributed by atoms with Crippen LogP contribution >= 0.6 is 0 Å². The molecule has 3 rings (SSSR count). The number of benzene rings is 1. The summed E-state index contributed by atoms with van der Waals surface area (Å²) in [5.74, 6) is 1.09. The van der Waals surface area contributed by atoms with E-state index in [0.29, 0.717) is 6.54 Å². The van der Waals surface area contributed by atoms with Crippen LogP contribution < -0.4 is 10.5 Å². The SMILES string of the molecule is NC[C@@H]1Cc2cc3c(cc2O1)CCCC3. The van der Waals surface area contributed by atoms with Gasteiger partial charge in [-0.1, -0.05) is 6.07 Å². The minimum atomic E-state index is 0.212. The molecule has 2 heteroatoms. The first-order valence-corrected chi connectivity index (χ1v) is 5.88. The van der Waals surface area contributed by atoms with Gasteiger partial charge in [0.2, 0.25) is 0 Å². The lowest BCUT2D eigenvalue weighted by atomic mass is 9.89. The standard InChI is InChI=1S/C13H17NO/c14-8-12-6-11-5-9-3-1-2-4-10(9)7-13(11)15-12/h5,7,12H,1-4,6,8,14H2/t12-/m0/s1. The Morgan fingerprint density at radius 3 is 2.60 bits per heavy atom. The molecule has 80 valence electrons. The van der Waals surface area contributed by atoms with Crippen LogP contribution in [0.3, 0.4) is 0 Å². The second-order valence-corrected chi connectivity index (χ2v) is 4.62. The lowest BCUT2D eigenvalue weighted by Gasteiger charge is -2.16. The summed E-state index contributed by atoms with van der Waals surface area (Å²) in [5.41, 5.74) is 10.0. The van der Waals surface area contributed by atoms with Crippen LogP contribution in [0.2, 0.25) is 0 Å². The highest BCUT2D eigenvalue weighted by Gasteiger charge is 2.23. The third-order valence-corrected chi connectivity index (χ3v) is 3.53. The first-order chi connectivity index (χ1) is 7.36. The molecule has 0 radical (unpaired) electrons. The number of rotatable bonds is 1. The Bertz CT molecular complexity index is 351. The molecule has 0 saturated carbocycles. The first kappa shape index (κ1) is 9.22. The Morgan fingerprint density at radius 1 is 1.13 bits per heavy atom. The molecule has 0 spiro atoms. The van der Waals surface area contributed by atoms with E-state index in [2.05, 4.69) is 12.1 Å². The Balaban J connectivity index is 1.97. The topological polar surface area (TPSA) is 35.2 Å². The fourth-order valence-corrected chi connectivity index (χ4v) is 2.68. The average Bonchev–Trinajstić information content (AvgIpc) is 2.67. The maximum Gasteiger partial charge on any atom is 0.123 e. The van der Waals surface area contributed by atoms with Crippen LogP contribution in [0.5, 0.6) is 5.75 Å². The van der Waals surface area contributed by atoms with E-state index >= 15 is 0 Å². The molecule has 2 N–H and O–H groups in total. The lowest BCUT2D eigenvalue weighted by Crippen LogP contribution is -2.24. The number of nitrogens with two attached hydrogens (primary N) is 1. The molecule has 15 heavy (non-hydrogen) atoms. The molecule has 0 amide bonds. The van der Waals surface area contributed by atoms with Gasteiger partial charge < -0.3 is 10.5 Å². The molecule has 1 aromatic rings. The normalized spacial score (nSPS) is 23.1. The van der Waals surface area contributed by atoms with Crippen molar-refractivity contribution in [1.29, 1.82) is 0 Å². The number of hydrogen-bond donors (Lipinski definition) is 1. The van der Waals surface area contributed by atoms with Gasteiger partial charge >= 0.3 is 0 Å². The number of fused-ring (bicyclic) bond motifs is 2. The molecular formula is C13H17NO. The van der Waals surface area contributed by atoms with E-state index < -0.39 is 0 Å². The number of ether oxygens (including phenoxy) is 1. The summed E-state index contributed by atoms with van der Waals surface area (Å²) >= 11 is 0. The van der Waals surface area contributed by atoms with Gasteiger partial charge in [0, 0.05) is 13.0 Å². The minimum absolute atomic E-state index is 0.212. The van der Waals surface area contributed by atoms with Gasteiger partial charge in [-0.2, -0.15) is 0 Å². The van der Waals surface area contributed by atoms with Gasteiger partial charge in [-0.25, -0.2) is 0 Å². The van der Waals surface area contributed by atoms with Crippen LogP contribution in [-0.4, -0.2) is 12.6 Å². The Kier molecular flexibility index (Phi) is 2.17. The molecule has 0 fully saturated rings. The molecule has 2 aliphatic rings. The molecule has 2 nitrogen and oxygen atoms in total. The van der Waals surface area contributed by atoms with Crippen molar-refractivity contribution < 1.29 is 4.74 Å². The van der Waals surface area contributed by atoms with Crippen molar-refractivity contribution in [2.75, 3.05) is 6.54 Å². The van der Waals surface area contributed by atoms with E-state index in [4.69, 9.17) is 10.5 Å². The predicted octanol–water partition coefficient (Wildman–Crippen LogP) is 1.83. The molecule has 1 heterocycles. The van der Waals surface area contributed by atoms with E-state index in [0.717, 1.165) is 12.2 Å². The Morgan fingerprint density at radius 2 is 1.87 bits per heavy atom. The molecule has 1 atom stereocenters. The summed E-state index contributed by atoms with van der Waals surface area (Å²) in [7, 11) is 0. The molecule has 0 aromatic heterocycles. The lowest BCUT2D eigenvalue weighted by molar-refractivity contribution is 0.241. The number of hydrogen-bond acceptors (Lipinski definition) is 2. The van der Waals surface area contributed by atoms with E-state index in [1.165, 1.54) is 36.8 Å². The fourth-order valence-electron chi connectivity index (χ4n) is 2.68. The summed E-state index contributed by atoms with van der Waals surface area (Å²) < 4.78 is 5.80. The minimum Gasteiger partial charge on any atom is -0.488 e. The van der Waals surface area contributed by atoms with Crippen LogP contribution in [0.15, 0.2) is 12.1 Å². The second-order valence-electron chi connectivity index (χ2n) is 4.62. The molecule has 0 bridgehead atoms. The summed E-state index contributed by atoms with van der Waals surface area (Å²) in [5, 5.41) is 0. The quantitative estimate of drug-likeness (QED) is 0.755. The van der Waals surface area contributed by atoms with Crippen molar-refractivity contribution in [3.05, 3.63) is 28.8 Å². The van der Waals surface area contributed by atoms with Crippen molar-refractivity contribution in [3.8, 4) is 5.75 Å². The highest BCUT2D eigenvalue weighted by Crippen LogP contribution is 2.34. The Hall–Kier alpha value is -1.02. The van der Waals surface area contributed by atoms with Crippen molar-refractivity contribution >= 4 is 0 Å². The third-order valence-electron chi connectivity index (χ3n) is 3.53. The maximum absolute atomic E-state index is 5.80. The second kappa shape index (κ2) is 3.53. The highest BCUT2D eigenvalue weighted by molar-refractivity contribution is 5.46. The van der Waals surface area contributed by atoms with E-state index in [1.807, 2.05) is 0 Å². The first-order valence-electron chi connectivity index (χ1n) is 5.88. The zero-order chi connectivity index (χ0) is 10.3. The fraction of sp³-hybridized carbons (Fsp3) is 0.538. The molecule has 0 unspecified atom stereocenters. The van der Waals surface area contributed by atoms with Crippen LogP contribution in [0.1, 0.15) is 29.5 Å². The zero-order valence-electron chi connectivity index (χ0n) is 8.96. The van der Waals surface area contributed by atoms with Crippen LogP contribution in [0.25, 0.3) is 0 Å². The van der Waals surface area contributed by atoms with Crippen molar-refractivity contribution in [2.24, 2.45) is 5.73 Å². The third kappa shape index (κ3) is 1.53. The van der Waals surface area contributed by atoms with Crippen LogP contribution in [0, 0.1) is 0 Å². The monoisotopic (exact) mass is 203 g/mol. The van der Waals surface area contributed by atoms with E-state index in [-0.39, 0.29) is 6.10 Å². The van der Waals surface area contributed by atoms with Gasteiger partial charge in [0.15, 0.2) is 0 Å². The predicted molar refractivity (Wildman–Crippen MR) is 60.3 cm³/mol. The Labute approximate surface area is 90.4 Å². The summed E-state index contributed by atoms with van der Waals surface area (Å²) in [6.07, 6.45) is 6.34. The summed E-state index contributed by atoms with van der Waals surface area (Å²) in [4.78, 5) is 0. The van der Waals surface area contributed by atoms with Crippen molar-refractivity contribution in [3.63, 3.8) is 0 Å². The van der Waals surface area contributed by atoms with Crippen LogP contribution in [0.4, 0.5) is 0 Å². The molecular weight excluding hydrogens is 186 g/mol. The average molecular weight is 203 g/mol. The molecule has 1 aromatic carbocycles. The van der Waals surface area contributed by atoms with Crippen LogP contribution in [-0.2, 0) is 19.3 Å². The smallest absolute Gasteiger partial charge is 0.123 e. The molecule has 0 saturated heterocycles. The molecule has 1 aliphatic heterocycles. The largest absolute Gasteiger partial charge is 0.488 e. The van der Waals surface area contributed by atoms with Crippen molar-refractivity contribution in [1.82, 2.24) is 0 Å².